The SMILES string of the molecule is Cc1nn(-c2ccccc2)c2ncc(C(=O)N(C)c3ccc(Cl)cc3)c(Cl)c12. The minimum absolute atomic E-state index is 0.256. The van der Waals surface area contributed by atoms with Crippen LogP contribution in [0.25, 0.3) is 16.7 Å². The smallest absolute Gasteiger partial charge is 0.261 e. The van der Waals surface area contributed by atoms with Crippen LogP contribution in [-0.4, -0.2) is 27.7 Å². The van der Waals surface area contributed by atoms with Crippen molar-refractivity contribution >= 4 is 45.8 Å². The third kappa shape index (κ3) is 3.13. The molecule has 0 saturated heterocycles. The number of aryl methyl sites for hydroxylation is 1. The summed E-state index contributed by atoms with van der Waals surface area (Å²) < 4.78 is 1.73. The molecular weight excluding hydrogens is 395 g/mol. The highest BCUT2D eigenvalue weighted by molar-refractivity contribution is 6.39. The number of aromatic nitrogens is 3. The highest BCUT2D eigenvalue weighted by Gasteiger charge is 2.22. The first-order valence-corrected chi connectivity index (χ1v) is 9.36. The second-order valence-electron chi connectivity index (χ2n) is 6.36. The van der Waals surface area contributed by atoms with Crippen molar-refractivity contribution in [1.82, 2.24) is 14.8 Å². The van der Waals surface area contributed by atoms with Gasteiger partial charge in [0.2, 0.25) is 0 Å². The fourth-order valence-electron chi connectivity index (χ4n) is 3.07. The number of carbonyl (C=O) groups is 1. The molecule has 5 nitrogen and oxygen atoms in total. The van der Waals surface area contributed by atoms with Gasteiger partial charge < -0.3 is 4.90 Å². The van der Waals surface area contributed by atoms with E-state index < -0.39 is 0 Å². The summed E-state index contributed by atoms with van der Waals surface area (Å²) in [5.41, 5.74) is 3.23. The van der Waals surface area contributed by atoms with Crippen LogP contribution in [-0.2, 0) is 0 Å². The van der Waals surface area contributed by atoms with Gasteiger partial charge in [-0.2, -0.15) is 5.10 Å². The van der Waals surface area contributed by atoms with E-state index in [2.05, 4.69) is 10.1 Å². The van der Waals surface area contributed by atoms with Crippen LogP contribution in [0.15, 0.2) is 60.8 Å². The zero-order valence-corrected chi connectivity index (χ0v) is 16.7. The number of halogens is 2. The number of hydrogen-bond donors (Lipinski definition) is 0. The molecule has 140 valence electrons. The molecule has 1 amide bonds. The van der Waals surface area contributed by atoms with Crippen LogP contribution >= 0.6 is 23.2 Å². The summed E-state index contributed by atoms with van der Waals surface area (Å²) in [6.07, 6.45) is 1.50. The summed E-state index contributed by atoms with van der Waals surface area (Å²) >= 11 is 12.6. The molecule has 0 radical (unpaired) electrons. The summed E-state index contributed by atoms with van der Waals surface area (Å²) in [7, 11) is 1.69. The van der Waals surface area contributed by atoms with Crippen LogP contribution in [0.4, 0.5) is 5.69 Å². The molecule has 0 aliphatic carbocycles. The van der Waals surface area contributed by atoms with Crippen molar-refractivity contribution in [2.45, 2.75) is 6.92 Å². The zero-order chi connectivity index (χ0) is 19.8. The highest BCUT2D eigenvalue weighted by atomic mass is 35.5. The van der Waals surface area contributed by atoms with Gasteiger partial charge in [-0.05, 0) is 43.3 Å². The molecule has 0 spiro atoms. The van der Waals surface area contributed by atoms with E-state index in [1.165, 1.54) is 11.1 Å². The van der Waals surface area contributed by atoms with Crippen LogP contribution in [0.1, 0.15) is 16.1 Å². The summed E-state index contributed by atoms with van der Waals surface area (Å²) in [4.78, 5) is 19.0. The number of nitrogens with zero attached hydrogens (tertiary/aromatic N) is 4. The monoisotopic (exact) mass is 410 g/mol. The summed E-state index contributed by atoms with van der Waals surface area (Å²) in [6.45, 7) is 1.85. The van der Waals surface area contributed by atoms with Gasteiger partial charge in [0.15, 0.2) is 5.65 Å². The van der Waals surface area contributed by atoms with E-state index in [-0.39, 0.29) is 5.91 Å². The molecule has 7 heteroatoms. The van der Waals surface area contributed by atoms with E-state index in [0.29, 0.717) is 38.0 Å². The Hall–Kier alpha value is -2.89. The lowest BCUT2D eigenvalue weighted by Gasteiger charge is -2.18. The molecule has 0 saturated carbocycles. The Kier molecular flexibility index (Phi) is 4.79. The van der Waals surface area contributed by atoms with Crippen molar-refractivity contribution in [2.24, 2.45) is 0 Å². The first-order chi connectivity index (χ1) is 13.5. The van der Waals surface area contributed by atoms with Crippen molar-refractivity contribution in [3.05, 3.63) is 82.1 Å². The quantitative estimate of drug-likeness (QED) is 0.459. The third-order valence-corrected chi connectivity index (χ3v) is 5.20. The molecule has 2 aromatic heterocycles. The average molecular weight is 411 g/mol. The molecule has 0 aliphatic heterocycles. The largest absolute Gasteiger partial charge is 0.311 e. The molecule has 0 unspecified atom stereocenters. The number of rotatable bonds is 3. The fraction of sp³-hybridized carbons (Fsp3) is 0.0952. The van der Waals surface area contributed by atoms with E-state index >= 15 is 0 Å². The predicted octanol–water partition coefficient (Wildman–Crippen LogP) is 5.31. The highest BCUT2D eigenvalue weighted by Crippen LogP contribution is 2.31. The number of anilines is 1. The molecule has 0 N–H and O–H groups in total. The predicted molar refractivity (Wildman–Crippen MR) is 113 cm³/mol. The molecule has 0 fully saturated rings. The second-order valence-corrected chi connectivity index (χ2v) is 7.17. The van der Waals surface area contributed by atoms with Gasteiger partial charge in [0.1, 0.15) is 0 Å². The molecule has 0 bridgehead atoms. The Bertz CT molecular complexity index is 1170. The third-order valence-electron chi connectivity index (χ3n) is 4.56. The van der Waals surface area contributed by atoms with Crippen LogP contribution in [0, 0.1) is 6.92 Å². The summed E-state index contributed by atoms with van der Waals surface area (Å²) in [5, 5.41) is 6.18. The maximum Gasteiger partial charge on any atom is 0.261 e. The van der Waals surface area contributed by atoms with Crippen molar-refractivity contribution in [3.63, 3.8) is 0 Å². The molecule has 4 rings (SSSR count). The first kappa shape index (κ1) is 18.5. The second kappa shape index (κ2) is 7.26. The van der Waals surface area contributed by atoms with Crippen molar-refractivity contribution in [3.8, 4) is 5.69 Å². The standard InChI is InChI=1S/C21H16Cl2N4O/c1-13-18-19(23)17(21(28)26(2)15-10-8-14(22)9-11-15)12-24-20(18)27(25-13)16-6-4-3-5-7-16/h3-12H,1-2H3. The van der Waals surface area contributed by atoms with Gasteiger partial charge in [-0.3, -0.25) is 4.79 Å². The van der Waals surface area contributed by atoms with E-state index in [0.717, 1.165) is 5.69 Å². The first-order valence-electron chi connectivity index (χ1n) is 8.60. The average Bonchev–Trinajstić information content (AvgIpc) is 3.06. The molecule has 2 aromatic carbocycles. The number of para-hydroxylation sites is 1. The Morgan fingerprint density at radius 1 is 1.04 bits per heavy atom. The lowest BCUT2D eigenvalue weighted by Crippen LogP contribution is -2.26. The minimum Gasteiger partial charge on any atom is -0.311 e. The van der Waals surface area contributed by atoms with Crippen molar-refractivity contribution < 1.29 is 4.79 Å². The van der Waals surface area contributed by atoms with Crippen molar-refractivity contribution in [2.75, 3.05) is 11.9 Å². The number of fused-ring (bicyclic) bond motifs is 1. The molecule has 0 atom stereocenters. The van der Waals surface area contributed by atoms with E-state index in [1.54, 1.807) is 36.0 Å². The molecule has 4 aromatic rings. The van der Waals surface area contributed by atoms with E-state index in [1.807, 2.05) is 37.3 Å². The maximum atomic E-state index is 13.0. The van der Waals surface area contributed by atoms with Crippen LogP contribution in [0.3, 0.4) is 0 Å². The Morgan fingerprint density at radius 2 is 1.71 bits per heavy atom. The van der Waals surface area contributed by atoms with Gasteiger partial charge in [-0.25, -0.2) is 9.67 Å². The van der Waals surface area contributed by atoms with Crippen LogP contribution in [0.2, 0.25) is 10.0 Å². The Labute approximate surface area is 172 Å². The lowest BCUT2D eigenvalue weighted by molar-refractivity contribution is 0.0993. The van der Waals surface area contributed by atoms with Gasteiger partial charge >= 0.3 is 0 Å². The number of carbonyl (C=O) groups excluding carboxylic acids is 1. The molecule has 2 heterocycles. The summed E-state index contributed by atoms with van der Waals surface area (Å²) in [5.74, 6) is -0.256. The fourth-order valence-corrected chi connectivity index (χ4v) is 3.55. The van der Waals surface area contributed by atoms with Crippen LogP contribution in [0.5, 0.6) is 0 Å². The lowest BCUT2D eigenvalue weighted by atomic mass is 10.1. The molecule has 0 aliphatic rings. The zero-order valence-electron chi connectivity index (χ0n) is 15.2. The van der Waals surface area contributed by atoms with Gasteiger partial charge in [-0.15, -0.1) is 0 Å². The number of amides is 1. The number of benzene rings is 2. The number of pyridine rings is 1. The van der Waals surface area contributed by atoms with Gasteiger partial charge in [0, 0.05) is 24.0 Å². The van der Waals surface area contributed by atoms with E-state index in [4.69, 9.17) is 23.2 Å². The molecular formula is C21H16Cl2N4O. The molecule has 28 heavy (non-hydrogen) atoms. The summed E-state index contributed by atoms with van der Waals surface area (Å²) in [6, 6.07) is 16.7. The Balaban J connectivity index is 1.79. The van der Waals surface area contributed by atoms with Gasteiger partial charge in [-0.1, -0.05) is 41.4 Å². The Morgan fingerprint density at radius 3 is 2.39 bits per heavy atom. The number of hydrogen-bond acceptors (Lipinski definition) is 3. The van der Waals surface area contributed by atoms with E-state index in [9.17, 15) is 4.79 Å². The normalized spacial score (nSPS) is 11.0. The maximum absolute atomic E-state index is 13.0. The van der Waals surface area contributed by atoms with Gasteiger partial charge in [0.25, 0.3) is 5.91 Å². The van der Waals surface area contributed by atoms with Gasteiger partial charge in [0.05, 0.1) is 27.4 Å². The minimum atomic E-state index is -0.256. The van der Waals surface area contributed by atoms with Crippen molar-refractivity contribution in [1.29, 1.82) is 0 Å². The van der Waals surface area contributed by atoms with Crippen LogP contribution < -0.4 is 4.90 Å². The topological polar surface area (TPSA) is 51.0 Å².